The van der Waals surface area contributed by atoms with Gasteiger partial charge in [-0.2, -0.15) is 0 Å². The first kappa shape index (κ1) is 11.8. The molecule has 104 valence electrons. The van der Waals surface area contributed by atoms with Crippen molar-refractivity contribution in [1.82, 2.24) is 9.55 Å². The van der Waals surface area contributed by atoms with Crippen LogP contribution in [0.3, 0.4) is 0 Å². The predicted octanol–water partition coefficient (Wildman–Crippen LogP) is 3.24. The summed E-state index contributed by atoms with van der Waals surface area (Å²) in [5.74, 6) is 3.96. The Morgan fingerprint density at radius 3 is 2.26 bits per heavy atom. The van der Waals surface area contributed by atoms with Crippen molar-refractivity contribution in [2.24, 2.45) is 23.2 Å². The second kappa shape index (κ2) is 4.00. The van der Waals surface area contributed by atoms with Crippen molar-refractivity contribution in [2.75, 3.05) is 5.73 Å². The van der Waals surface area contributed by atoms with Gasteiger partial charge in [0.2, 0.25) is 0 Å². The lowest BCUT2D eigenvalue weighted by Gasteiger charge is -2.57. The molecule has 4 aliphatic carbocycles. The average Bonchev–Trinajstić information content (AvgIpc) is 2.68. The number of anilines is 1. The van der Waals surface area contributed by atoms with E-state index in [0.717, 1.165) is 36.5 Å². The maximum absolute atomic E-state index is 6.24. The Kier molecular flexibility index (Phi) is 2.49. The molecule has 1 heterocycles. The Hall–Kier alpha value is -0.990. The first-order valence-electron chi connectivity index (χ1n) is 7.97. The third kappa shape index (κ3) is 1.81. The van der Waals surface area contributed by atoms with E-state index in [0.29, 0.717) is 5.41 Å². The van der Waals surface area contributed by atoms with Crippen LogP contribution in [-0.4, -0.2) is 9.55 Å². The van der Waals surface area contributed by atoms with E-state index in [9.17, 15) is 0 Å². The molecule has 4 aliphatic rings. The second-order valence-electron chi connectivity index (χ2n) is 7.46. The molecule has 4 bridgehead atoms. The van der Waals surface area contributed by atoms with E-state index < -0.39 is 0 Å². The first-order chi connectivity index (χ1) is 9.17. The lowest BCUT2D eigenvalue weighted by Crippen LogP contribution is -2.47. The number of nitrogens with zero attached hydrogens (tertiary/aromatic N) is 2. The normalized spacial score (nSPS) is 39.9. The minimum atomic E-state index is 0.551. The summed E-state index contributed by atoms with van der Waals surface area (Å²) in [6.07, 6.45) is 11.9. The van der Waals surface area contributed by atoms with Crippen molar-refractivity contribution in [3.8, 4) is 0 Å². The number of hydrogen-bond donors (Lipinski definition) is 1. The van der Waals surface area contributed by atoms with Crippen molar-refractivity contribution >= 4 is 5.82 Å². The van der Waals surface area contributed by atoms with Crippen molar-refractivity contribution in [1.29, 1.82) is 0 Å². The number of nitrogens with two attached hydrogens (primary N) is 1. The van der Waals surface area contributed by atoms with Crippen LogP contribution in [0.15, 0.2) is 6.33 Å². The molecule has 1 aromatic rings. The molecule has 5 rings (SSSR count). The van der Waals surface area contributed by atoms with Crippen LogP contribution in [0.4, 0.5) is 5.82 Å². The summed E-state index contributed by atoms with van der Waals surface area (Å²) in [4.78, 5) is 4.60. The number of aromatic nitrogens is 2. The molecule has 0 aliphatic heterocycles. The lowest BCUT2D eigenvalue weighted by atomic mass is 9.48. The summed E-state index contributed by atoms with van der Waals surface area (Å²) in [6.45, 7) is 3.06. The molecule has 0 spiro atoms. The molecule has 1 aromatic heterocycles. The fraction of sp³-hybridized carbons (Fsp3) is 0.812. The molecule has 2 N–H and O–H groups in total. The molecule has 4 saturated carbocycles. The molecule has 0 atom stereocenters. The smallest absolute Gasteiger partial charge is 0.126 e. The standard InChI is InChI=1S/C16H25N3/c1-2-19-10-18-14(15(19)17)9-16-6-11-3-12(7-16)5-13(4-11)8-16/h10-13H,2-9,17H2,1H3. The maximum atomic E-state index is 6.24. The molecule has 4 fully saturated rings. The van der Waals surface area contributed by atoms with Crippen LogP contribution in [0.5, 0.6) is 0 Å². The zero-order valence-corrected chi connectivity index (χ0v) is 11.9. The van der Waals surface area contributed by atoms with Crippen LogP contribution < -0.4 is 5.73 Å². The second-order valence-corrected chi connectivity index (χ2v) is 7.46. The van der Waals surface area contributed by atoms with Crippen molar-refractivity contribution in [3.05, 3.63) is 12.0 Å². The summed E-state index contributed by atoms with van der Waals surface area (Å²) in [5.41, 5.74) is 7.97. The van der Waals surface area contributed by atoms with Crippen LogP contribution >= 0.6 is 0 Å². The van der Waals surface area contributed by atoms with E-state index in [1.165, 1.54) is 44.2 Å². The van der Waals surface area contributed by atoms with E-state index in [4.69, 9.17) is 5.73 Å². The summed E-state index contributed by atoms with van der Waals surface area (Å²) < 4.78 is 2.08. The molecule has 0 unspecified atom stereocenters. The topological polar surface area (TPSA) is 43.8 Å². The van der Waals surface area contributed by atoms with Gasteiger partial charge in [-0.15, -0.1) is 0 Å². The van der Waals surface area contributed by atoms with Gasteiger partial charge in [-0.05, 0) is 75.0 Å². The van der Waals surface area contributed by atoms with Crippen molar-refractivity contribution in [3.63, 3.8) is 0 Å². The van der Waals surface area contributed by atoms with Gasteiger partial charge in [0, 0.05) is 6.54 Å². The Morgan fingerprint density at radius 2 is 1.79 bits per heavy atom. The number of aryl methyl sites for hydroxylation is 1. The summed E-state index contributed by atoms with van der Waals surface area (Å²) in [6, 6.07) is 0. The highest BCUT2D eigenvalue weighted by Crippen LogP contribution is 2.61. The molecule has 3 heteroatoms. The SMILES string of the molecule is CCn1cnc(CC23CC4CC(CC(C4)C2)C3)c1N. The highest BCUT2D eigenvalue weighted by Gasteiger charge is 2.51. The summed E-state index contributed by atoms with van der Waals surface area (Å²) >= 11 is 0. The highest BCUT2D eigenvalue weighted by molar-refractivity contribution is 5.37. The van der Waals surface area contributed by atoms with E-state index in [2.05, 4.69) is 16.5 Å². The fourth-order valence-corrected chi connectivity index (χ4v) is 5.68. The fourth-order valence-electron chi connectivity index (χ4n) is 5.68. The third-order valence-corrected chi connectivity index (χ3v) is 6.01. The molecular formula is C16H25N3. The van der Waals surface area contributed by atoms with E-state index in [-0.39, 0.29) is 0 Å². The van der Waals surface area contributed by atoms with Crippen LogP contribution in [0.25, 0.3) is 0 Å². The first-order valence-corrected chi connectivity index (χ1v) is 7.97. The monoisotopic (exact) mass is 259 g/mol. The molecule has 0 amide bonds. The Balaban J connectivity index is 1.60. The van der Waals surface area contributed by atoms with Crippen molar-refractivity contribution < 1.29 is 0 Å². The predicted molar refractivity (Wildman–Crippen MR) is 76.6 cm³/mol. The molecular weight excluding hydrogens is 234 g/mol. The third-order valence-electron chi connectivity index (χ3n) is 6.01. The number of nitrogen functional groups attached to an aromatic ring is 1. The van der Waals surface area contributed by atoms with Gasteiger partial charge < -0.3 is 10.3 Å². The van der Waals surface area contributed by atoms with Gasteiger partial charge in [-0.3, -0.25) is 0 Å². The largest absolute Gasteiger partial charge is 0.384 e. The van der Waals surface area contributed by atoms with E-state index in [1.54, 1.807) is 0 Å². The zero-order valence-electron chi connectivity index (χ0n) is 11.9. The molecule has 0 saturated heterocycles. The molecule has 3 nitrogen and oxygen atoms in total. The number of hydrogen-bond acceptors (Lipinski definition) is 2. The highest BCUT2D eigenvalue weighted by atomic mass is 15.1. The lowest BCUT2D eigenvalue weighted by molar-refractivity contribution is -0.0525. The van der Waals surface area contributed by atoms with Gasteiger partial charge in [-0.25, -0.2) is 4.98 Å². The quantitative estimate of drug-likeness (QED) is 0.905. The van der Waals surface area contributed by atoms with Crippen LogP contribution in [-0.2, 0) is 13.0 Å². The van der Waals surface area contributed by atoms with Gasteiger partial charge in [0.1, 0.15) is 5.82 Å². The van der Waals surface area contributed by atoms with Crippen LogP contribution in [0.1, 0.15) is 51.1 Å². The summed E-state index contributed by atoms with van der Waals surface area (Å²) in [7, 11) is 0. The molecule has 19 heavy (non-hydrogen) atoms. The minimum Gasteiger partial charge on any atom is -0.384 e. The van der Waals surface area contributed by atoms with Crippen molar-refractivity contribution in [2.45, 2.75) is 58.4 Å². The van der Waals surface area contributed by atoms with Gasteiger partial charge in [0.15, 0.2) is 0 Å². The molecule has 0 aromatic carbocycles. The van der Waals surface area contributed by atoms with Crippen LogP contribution in [0.2, 0.25) is 0 Å². The number of rotatable bonds is 3. The minimum absolute atomic E-state index is 0.551. The maximum Gasteiger partial charge on any atom is 0.126 e. The van der Waals surface area contributed by atoms with Crippen LogP contribution in [0, 0.1) is 23.2 Å². The van der Waals surface area contributed by atoms with E-state index >= 15 is 0 Å². The van der Waals surface area contributed by atoms with Gasteiger partial charge >= 0.3 is 0 Å². The Bertz CT molecular complexity index is 453. The summed E-state index contributed by atoms with van der Waals surface area (Å²) in [5, 5.41) is 0. The van der Waals surface area contributed by atoms with E-state index in [1.807, 2.05) is 6.33 Å². The average molecular weight is 259 g/mol. The van der Waals surface area contributed by atoms with Gasteiger partial charge in [0.05, 0.1) is 12.0 Å². The van der Waals surface area contributed by atoms with Gasteiger partial charge in [-0.1, -0.05) is 0 Å². The Labute approximate surface area is 115 Å². The zero-order chi connectivity index (χ0) is 13.0. The number of imidazole rings is 1. The Morgan fingerprint density at radius 1 is 1.21 bits per heavy atom. The molecule has 0 radical (unpaired) electrons. The van der Waals surface area contributed by atoms with Gasteiger partial charge in [0.25, 0.3) is 0 Å².